The van der Waals surface area contributed by atoms with E-state index in [9.17, 15) is 26.4 Å². The van der Waals surface area contributed by atoms with E-state index in [2.05, 4.69) is 36.1 Å². The van der Waals surface area contributed by atoms with E-state index in [1.165, 1.54) is 28.4 Å². The van der Waals surface area contributed by atoms with Crippen molar-refractivity contribution in [3.63, 3.8) is 0 Å². The van der Waals surface area contributed by atoms with Gasteiger partial charge in [0.05, 0.1) is 22.9 Å². The minimum atomic E-state index is -5.75. The third kappa shape index (κ3) is 5.74. The van der Waals surface area contributed by atoms with Crippen molar-refractivity contribution in [1.82, 2.24) is 20.2 Å². The Hall–Kier alpha value is -2.90. The number of anilines is 1. The molecule has 1 aliphatic heterocycles. The number of hydrogen-bond acceptors (Lipinski definition) is 6. The van der Waals surface area contributed by atoms with Crippen LogP contribution in [0.3, 0.4) is 0 Å². The van der Waals surface area contributed by atoms with Crippen LogP contribution in [-0.4, -0.2) is 61.0 Å². The second kappa shape index (κ2) is 10.3. The zero-order chi connectivity index (χ0) is 27.9. The molecule has 1 saturated heterocycles. The van der Waals surface area contributed by atoms with Crippen molar-refractivity contribution in [3.05, 3.63) is 52.6 Å². The Labute approximate surface area is 227 Å². The maximum Gasteiger partial charge on any atom is 0.516 e. The van der Waals surface area contributed by atoms with Crippen LogP contribution in [-0.2, 0) is 15.4 Å². The minimum absolute atomic E-state index is 0.0331. The molecule has 4 rings (SSSR count). The molecule has 0 aliphatic carbocycles. The summed E-state index contributed by atoms with van der Waals surface area (Å²) in [6, 6.07) is 7.17. The second-order valence-electron chi connectivity index (χ2n) is 9.62. The summed E-state index contributed by atoms with van der Waals surface area (Å²) in [5.41, 5.74) is -3.27. The maximum absolute atomic E-state index is 13.5. The largest absolute Gasteiger partial charge is 0.516 e. The summed E-state index contributed by atoms with van der Waals surface area (Å²) in [4.78, 5) is 22.1. The number of sulfonamides is 1. The monoisotopic (exact) mass is 587 g/mol. The van der Waals surface area contributed by atoms with Gasteiger partial charge in [-0.15, -0.1) is 11.3 Å². The fourth-order valence-corrected chi connectivity index (χ4v) is 5.87. The Morgan fingerprint density at radius 1 is 1.18 bits per heavy atom. The topological polar surface area (TPSA) is 95.5 Å². The van der Waals surface area contributed by atoms with E-state index < -0.39 is 28.1 Å². The van der Waals surface area contributed by atoms with Gasteiger partial charge in [-0.1, -0.05) is 32.4 Å². The van der Waals surface area contributed by atoms with E-state index in [0.717, 1.165) is 17.3 Å². The summed E-state index contributed by atoms with van der Waals surface area (Å²) in [6.07, 6.45) is 1.71. The number of halogens is 4. The third-order valence-corrected chi connectivity index (χ3v) is 8.66. The van der Waals surface area contributed by atoms with Crippen LogP contribution in [0.1, 0.15) is 26.5 Å². The summed E-state index contributed by atoms with van der Waals surface area (Å²) in [6.45, 7) is 5.93. The predicted molar refractivity (Wildman–Crippen MR) is 142 cm³/mol. The first-order valence-corrected chi connectivity index (χ1v) is 14.2. The van der Waals surface area contributed by atoms with Crippen LogP contribution in [0.25, 0.3) is 21.8 Å². The molecule has 3 heterocycles. The summed E-state index contributed by atoms with van der Waals surface area (Å²) in [5.74, 6) is 0. The molecule has 0 radical (unpaired) electrons. The lowest BCUT2D eigenvalue weighted by Crippen LogP contribution is -2.45. The summed E-state index contributed by atoms with van der Waals surface area (Å²) >= 11 is 7.81. The molecule has 3 aromatic rings. The minimum Gasteiger partial charge on any atom is -0.336 e. The molecule has 0 atom stereocenters. The molecule has 204 valence electrons. The summed E-state index contributed by atoms with van der Waals surface area (Å²) in [5, 5.41) is 5.03. The Bertz CT molecular complexity index is 1450. The van der Waals surface area contributed by atoms with Crippen LogP contribution >= 0.6 is 22.9 Å². The lowest BCUT2D eigenvalue weighted by molar-refractivity contribution is -0.0438. The van der Waals surface area contributed by atoms with Gasteiger partial charge < -0.3 is 10.2 Å². The van der Waals surface area contributed by atoms with Crippen molar-refractivity contribution in [1.29, 1.82) is 0 Å². The Balaban J connectivity index is 1.64. The van der Waals surface area contributed by atoms with Gasteiger partial charge in [-0.25, -0.2) is 9.78 Å². The highest BCUT2D eigenvalue weighted by molar-refractivity contribution is 7.93. The van der Waals surface area contributed by atoms with Gasteiger partial charge in [0, 0.05) is 53.4 Å². The first-order valence-electron chi connectivity index (χ1n) is 11.5. The van der Waals surface area contributed by atoms with Crippen LogP contribution in [0.5, 0.6) is 0 Å². The average Bonchev–Trinajstić information content (AvgIpc) is 3.47. The van der Waals surface area contributed by atoms with Gasteiger partial charge in [-0.3, -0.25) is 9.29 Å². The quantitative estimate of drug-likeness (QED) is 0.394. The fraction of sp³-hybridized carbons (Fsp3) is 0.375. The normalized spacial score (nSPS) is 14.6. The number of pyridine rings is 1. The van der Waals surface area contributed by atoms with Crippen LogP contribution in [0, 0.1) is 0 Å². The highest BCUT2D eigenvalue weighted by Gasteiger charge is 2.50. The summed E-state index contributed by atoms with van der Waals surface area (Å²) in [7, 11) is -5.75. The van der Waals surface area contributed by atoms with Gasteiger partial charge in [0.15, 0.2) is 0 Å². The zero-order valence-corrected chi connectivity index (χ0v) is 23.1. The van der Waals surface area contributed by atoms with Gasteiger partial charge in [0.25, 0.3) is 0 Å². The molecule has 0 bridgehead atoms. The van der Waals surface area contributed by atoms with Gasteiger partial charge >= 0.3 is 21.6 Å². The first-order chi connectivity index (χ1) is 17.7. The molecule has 1 N–H and O–H groups in total. The van der Waals surface area contributed by atoms with Gasteiger partial charge in [-0.2, -0.15) is 21.6 Å². The van der Waals surface area contributed by atoms with E-state index in [4.69, 9.17) is 11.6 Å². The van der Waals surface area contributed by atoms with E-state index in [-0.39, 0.29) is 33.5 Å². The number of thiazole rings is 1. The average molecular weight is 588 g/mol. The Morgan fingerprint density at radius 3 is 2.53 bits per heavy atom. The van der Waals surface area contributed by atoms with Crippen molar-refractivity contribution in [2.24, 2.45) is 0 Å². The van der Waals surface area contributed by atoms with Gasteiger partial charge in [0.2, 0.25) is 0 Å². The van der Waals surface area contributed by atoms with Crippen molar-refractivity contribution in [2.75, 3.05) is 30.5 Å². The predicted octanol–water partition coefficient (Wildman–Crippen LogP) is 5.50. The lowest BCUT2D eigenvalue weighted by Gasteiger charge is -2.27. The molecule has 1 aromatic carbocycles. The van der Waals surface area contributed by atoms with Crippen LogP contribution < -0.4 is 9.62 Å². The molecule has 8 nitrogen and oxygen atoms in total. The molecule has 0 saturated carbocycles. The number of rotatable bonds is 7. The SMILES string of the molecule is CC(C)(C)c1cc(-c2nc(-c3ccc(N(CCN4CCNC4=O)S(=O)(=O)C(F)(F)F)cc3Cl)cs2)ccn1. The van der Waals surface area contributed by atoms with E-state index in [0.29, 0.717) is 22.8 Å². The number of amides is 2. The fourth-order valence-electron chi connectivity index (χ4n) is 3.82. The van der Waals surface area contributed by atoms with E-state index in [1.807, 2.05) is 12.1 Å². The van der Waals surface area contributed by atoms with Crippen molar-refractivity contribution in [2.45, 2.75) is 31.7 Å². The number of alkyl halides is 3. The number of benzene rings is 1. The molecule has 0 spiro atoms. The highest BCUT2D eigenvalue weighted by Crippen LogP contribution is 2.37. The van der Waals surface area contributed by atoms with Gasteiger partial charge in [0.1, 0.15) is 5.01 Å². The van der Waals surface area contributed by atoms with Crippen LogP contribution in [0.15, 0.2) is 41.9 Å². The number of aromatic nitrogens is 2. The molecule has 14 heteroatoms. The Morgan fingerprint density at radius 2 is 1.92 bits per heavy atom. The van der Waals surface area contributed by atoms with E-state index >= 15 is 0 Å². The number of nitrogens with zero attached hydrogens (tertiary/aromatic N) is 4. The number of hydrogen-bond donors (Lipinski definition) is 1. The molecule has 1 fully saturated rings. The van der Waals surface area contributed by atoms with Crippen LogP contribution in [0.2, 0.25) is 5.02 Å². The molecule has 2 aromatic heterocycles. The molecule has 1 aliphatic rings. The maximum atomic E-state index is 13.5. The molecule has 2 amide bonds. The summed E-state index contributed by atoms with van der Waals surface area (Å²) < 4.78 is 65.5. The second-order valence-corrected chi connectivity index (χ2v) is 12.7. The number of urea groups is 1. The number of carbonyl (C=O) groups excluding carboxylic acids is 1. The molecule has 0 unspecified atom stereocenters. The smallest absolute Gasteiger partial charge is 0.336 e. The van der Waals surface area contributed by atoms with Crippen LogP contribution in [0.4, 0.5) is 23.7 Å². The van der Waals surface area contributed by atoms with Crippen molar-refractivity contribution in [3.8, 4) is 21.8 Å². The first kappa shape index (κ1) is 28.1. The molecular weight excluding hydrogens is 563 g/mol. The number of carbonyl (C=O) groups is 1. The molecular formula is C24H25ClF3N5O3S2. The van der Waals surface area contributed by atoms with Gasteiger partial charge in [-0.05, 0) is 30.3 Å². The zero-order valence-electron chi connectivity index (χ0n) is 20.7. The highest BCUT2D eigenvalue weighted by atomic mass is 35.5. The molecule has 38 heavy (non-hydrogen) atoms. The number of nitrogens with one attached hydrogen (secondary N) is 1. The van der Waals surface area contributed by atoms with Crippen molar-refractivity contribution < 1.29 is 26.4 Å². The lowest BCUT2D eigenvalue weighted by atomic mass is 9.91. The Kier molecular flexibility index (Phi) is 7.65. The standard InChI is InChI=1S/C24H25ClF3N5O3S2/c1-23(2,3)20-12-15(6-7-29-20)21-31-19(14-37-21)17-5-4-16(13-18(17)25)33(38(35,36)24(26,27)28)11-10-32-9-8-30-22(32)34/h4-7,12-14H,8-11H2,1-3H3,(H,30,34). The van der Waals surface area contributed by atoms with E-state index in [1.54, 1.807) is 11.6 Å². The third-order valence-electron chi connectivity index (χ3n) is 5.90. The van der Waals surface area contributed by atoms with Crippen molar-refractivity contribution >= 4 is 44.7 Å².